The number of hydrogen-bond acceptors (Lipinski definition) is 5. The lowest BCUT2D eigenvalue weighted by Crippen LogP contribution is -2.52. The first-order valence-corrected chi connectivity index (χ1v) is 10.9. The minimum absolute atomic E-state index is 0.458. The van der Waals surface area contributed by atoms with Crippen molar-refractivity contribution in [1.82, 2.24) is 14.9 Å². The Morgan fingerprint density at radius 1 is 1.08 bits per heavy atom. The zero-order valence-electron chi connectivity index (χ0n) is 15.2. The zero-order valence-corrected chi connectivity index (χ0v) is 16.0. The standard InChI is InChI=1S/C20H28N4S/c1-25-15-5-12-24-11-4-8-20(24)9-13-23(14-10-20)19-16-21-17-6-2-3-7-18(17)22-19/h2-3,6-7,16H,4-5,8-15H2,1H3. The summed E-state index contributed by atoms with van der Waals surface area (Å²) in [4.78, 5) is 14.7. The molecule has 2 aromatic rings. The van der Waals surface area contributed by atoms with Gasteiger partial charge in [0.1, 0.15) is 5.82 Å². The van der Waals surface area contributed by atoms with Crippen LogP contribution in [0.2, 0.25) is 0 Å². The lowest BCUT2D eigenvalue weighted by Gasteiger charge is -2.45. The van der Waals surface area contributed by atoms with E-state index in [1.54, 1.807) is 0 Å². The number of aromatic nitrogens is 2. The molecule has 0 aliphatic carbocycles. The normalized spacial score (nSPS) is 20.6. The maximum Gasteiger partial charge on any atom is 0.147 e. The summed E-state index contributed by atoms with van der Waals surface area (Å²) in [7, 11) is 0. The molecule has 1 aromatic carbocycles. The number of fused-ring (bicyclic) bond motifs is 1. The van der Waals surface area contributed by atoms with E-state index in [1.165, 1.54) is 50.9 Å². The highest BCUT2D eigenvalue weighted by atomic mass is 32.2. The number of likely N-dealkylation sites (tertiary alicyclic amines) is 1. The largest absolute Gasteiger partial charge is 0.355 e. The predicted molar refractivity (Wildman–Crippen MR) is 108 cm³/mol. The molecule has 1 aromatic heterocycles. The second-order valence-corrected chi connectivity index (χ2v) is 8.35. The summed E-state index contributed by atoms with van der Waals surface area (Å²) in [5.41, 5.74) is 2.44. The number of para-hydroxylation sites is 2. The van der Waals surface area contributed by atoms with Gasteiger partial charge in [0.05, 0.1) is 17.2 Å². The summed E-state index contributed by atoms with van der Waals surface area (Å²) >= 11 is 1.97. The molecule has 0 amide bonds. The number of thioether (sulfide) groups is 1. The van der Waals surface area contributed by atoms with Crippen LogP contribution in [0.4, 0.5) is 5.82 Å². The first kappa shape index (κ1) is 17.1. The molecule has 0 N–H and O–H groups in total. The number of rotatable bonds is 5. The van der Waals surface area contributed by atoms with Gasteiger partial charge >= 0.3 is 0 Å². The lowest BCUT2D eigenvalue weighted by atomic mass is 9.85. The molecule has 2 aliphatic heterocycles. The van der Waals surface area contributed by atoms with Crippen LogP contribution in [0.5, 0.6) is 0 Å². The van der Waals surface area contributed by atoms with Gasteiger partial charge < -0.3 is 4.90 Å². The Morgan fingerprint density at radius 3 is 2.68 bits per heavy atom. The van der Waals surface area contributed by atoms with Gasteiger partial charge in [-0.3, -0.25) is 9.88 Å². The van der Waals surface area contributed by atoms with Crippen LogP contribution in [-0.4, -0.2) is 58.6 Å². The summed E-state index contributed by atoms with van der Waals surface area (Å²) in [5, 5.41) is 0. The number of hydrogen-bond donors (Lipinski definition) is 0. The van der Waals surface area contributed by atoms with Gasteiger partial charge in [-0.2, -0.15) is 11.8 Å². The second kappa shape index (κ2) is 7.50. The Bertz CT molecular complexity index is 712. The Morgan fingerprint density at radius 2 is 1.88 bits per heavy atom. The van der Waals surface area contributed by atoms with Crippen molar-refractivity contribution in [1.29, 1.82) is 0 Å². The summed E-state index contributed by atoms with van der Waals surface area (Å²) in [5.74, 6) is 2.33. The van der Waals surface area contributed by atoms with Gasteiger partial charge in [0.25, 0.3) is 0 Å². The first-order valence-electron chi connectivity index (χ1n) is 9.51. The fraction of sp³-hybridized carbons (Fsp3) is 0.600. The molecule has 0 bridgehead atoms. The minimum Gasteiger partial charge on any atom is -0.355 e. The third-order valence-corrected chi connectivity index (χ3v) is 6.67. The molecular formula is C20H28N4S. The van der Waals surface area contributed by atoms with E-state index in [9.17, 15) is 0 Å². The summed E-state index contributed by atoms with van der Waals surface area (Å²) in [6, 6.07) is 8.15. The predicted octanol–water partition coefficient (Wildman–Crippen LogP) is 3.82. The molecule has 3 heterocycles. The van der Waals surface area contributed by atoms with Crippen LogP contribution in [0.15, 0.2) is 30.5 Å². The molecule has 4 rings (SSSR count). The molecular weight excluding hydrogens is 328 g/mol. The SMILES string of the molecule is CSCCCN1CCCC12CCN(c1cnc3ccccc3n1)CC2. The van der Waals surface area contributed by atoms with Crippen LogP contribution >= 0.6 is 11.8 Å². The topological polar surface area (TPSA) is 32.3 Å². The van der Waals surface area contributed by atoms with Crippen LogP contribution in [-0.2, 0) is 0 Å². The molecule has 0 saturated carbocycles. The average molecular weight is 357 g/mol. The highest BCUT2D eigenvalue weighted by Crippen LogP contribution is 2.39. The van der Waals surface area contributed by atoms with E-state index < -0.39 is 0 Å². The quantitative estimate of drug-likeness (QED) is 0.761. The van der Waals surface area contributed by atoms with Crippen LogP contribution in [0.25, 0.3) is 11.0 Å². The summed E-state index contributed by atoms with van der Waals surface area (Å²) in [6.07, 6.45) is 10.8. The van der Waals surface area contributed by atoms with Crippen molar-refractivity contribution in [2.45, 2.75) is 37.6 Å². The van der Waals surface area contributed by atoms with Crippen molar-refractivity contribution in [3.8, 4) is 0 Å². The molecule has 134 valence electrons. The number of anilines is 1. The molecule has 0 unspecified atom stereocenters. The van der Waals surface area contributed by atoms with Crippen LogP contribution in [0, 0.1) is 0 Å². The lowest BCUT2D eigenvalue weighted by molar-refractivity contribution is 0.108. The van der Waals surface area contributed by atoms with Gasteiger partial charge in [0, 0.05) is 18.6 Å². The van der Waals surface area contributed by atoms with E-state index >= 15 is 0 Å². The van der Waals surface area contributed by atoms with Gasteiger partial charge in [0.15, 0.2) is 0 Å². The monoisotopic (exact) mass is 356 g/mol. The molecule has 5 heteroatoms. The minimum atomic E-state index is 0.458. The maximum absolute atomic E-state index is 4.84. The first-order chi connectivity index (χ1) is 12.3. The Kier molecular flexibility index (Phi) is 5.13. The van der Waals surface area contributed by atoms with Gasteiger partial charge in [0.2, 0.25) is 0 Å². The summed E-state index contributed by atoms with van der Waals surface area (Å²) < 4.78 is 0. The molecule has 2 fully saturated rings. The third-order valence-electron chi connectivity index (χ3n) is 5.97. The van der Waals surface area contributed by atoms with E-state index in [0.717, 1.165) is 29.9 Å². The smallest absolute Gasteiger partial charge is 0.147 e. The number of nitrogens with zero attached hydrogens (tertiary/aromatic N) is 4. The molecule has 0 atom stereocenters. The Hall–Kier alpha value is -1.33. The van der Waals surface area contributed by atoms with Crippen LogP contribution in [0.3, 0.4) is 0 Å². The van der Waals surface area contributed by atoms with Crippen molar-refractivity contribution in [2.24, 2.45) is 0 Å². The second-order valence-electron chi connectivity index (χ2n) is 7.37. The maximum atomic E-state index is 4.84. The molecule has 1 spiro atoms. The molecule has 4 nitrogen and oxygen atoms in total. The van der Waals surface area contributed by atoms with Crippen molar-refractivity contribution in [3.05, 3.63) is 30.5 Å². The highest BCUT2D eigenvalue weighted by molar-refractivity contribution is 7.98. The van der Waals surface area contributed by atoms with E-state index in [4.69, 9.17) is 4.98 Å². The Balaban J connectivity index is 1.43. The Labute approximate surface area is 155 Å². The van der Waals surface area contributed by atoms with Gasteiger partial charge in [-0.05, 0) is 69.3 Å². The van der Waals surface area contributed by atoms with Crippen LogP contribution < -0.4 is 4.90 Å². The number of benzene rings is 1. The fourth-order valence-electron chi connectivity index (χ4n) is 4.56. The van der Waals surface area contributed by atoms with Crippen molar-refractivity contribution in [3.63, 3.8) is 0 Å². The molecule has 2 saturated heterocycles. The summed E-state index contributed by atoms with van der Waals surface area (Å²) in [6.45, 7) is 4.78. The van der Waals surface area contributed by atoms with Crippen LogP contribution in [0.1, 0.15) is 32.1 Å². The van der Waals surface area contributed by atoms with Gasteiger partial charge in [-0.25, -0.2) is 4.98 Å². The van der Waals surface area contributed by atoms with E-state index in [1.807, 2.05) is 36.2 Å². The highest BCUT2D eigenvalue weighted by Gasteiger charge is 2.42. The molecule has 2 aliphatic rings. The fourth-order valence-corrected chi connectivity index (χ4v) is 4.98. The van der Waals surface area contributed by atoms with Gasteiger partial charge in [-0.15, -0.1) is 0 Å². The van der Waals surface area contributed by atoms with E-state index in [0.29, 0.717) is 5.54 Å². The van der Waals surface area contributed by atoms with Crippen molar-refractivity contribution < 1.29 is 0 Å². The third kappa shape index (κ3) is 3.49. The number of piperidine rings is 1. The van der Waals surface area contributed by atoms with Crippen molar-refractivity contribution in [2.75, 3.05) is 43.1 Å². The zero-order chi connectivity index (χ0) is 17.1. The van der Waals surface area contributed by atoms with E-state index in [-0.39, 0.29) is 0 Å². The molecule has 25 heavy (non-hydrogen) atoms. The molecule has 0 radical (unpaired) electrons. The average Bonchev–Trinajstić information content (AvgIpc) is 3.04. The van der Waals surface area contributed by atoms with E-state index in [2.05, 4.69) is 27.1 Å². The van der Waals surface area contributed by atoms with Crippen molar-refractivity contribution >= 4 is 28.6 Å². The van der Waals surface area contributed by atoms with Gasteiger partial charge in [-0.1, -0.05) is 12.1 Å².